The minimum absolute atomic E-state index is 0.0331. The van der Waals surface area contributed by atoms with Crippen molar-refractivity contribution in [3.8, 4) is 44.9 Å². The quantitative estimate of drug-likeness (QED) is 0.216. The molecule has 0 fully saturated rings. The fraction of sp³-hybridized carbons (Fsp3) is 0. The number of fused-ring (bicyclic) bond motifs is 1. The van der Waals surface area contributed by atoms with Crippen LogP contribution in [0.5, 0.6) is 11.5 Å². The van der Waals surface area contributed by atoms with Crippen LogP contribution in [-0.2, 0) is 0 Å². The third-order valence-corrected chi connectivity index (χ3v) is 6.27. The topological polar surface area (TPSA) is 99.6 Å². The number of nitrogens with one attached hydrogen (secondary N) is 1. The first-order valence-corrected chi connectivity index (χ1v) is 10.9. The molecule has 0 bridgehead atoms. The largest absolute Gasteiger partial charge is 0.511 e. The van der Waals surface area contributed by atoms with Crippen LogP contribution in [0.4, 0.5) is 4.79 Å². The Hall–Kier alpha value is -4.36. The van der Waals surface area contributed by atoms with Crippen molar-refractivity contribution in [3.63, 3.8) is 0 Å². The number of pyridine rings is 1. The van der Waals surface area contributed by atoms with Gasteiger partial charge in [-0.25, -0.2) is 4.79 Å². The fourth-order valence-electron chi connectivity index (χ4n) is 3.83. The summed E-state index contributed by atoms with van der Waals surface area (Å²) < 4.78 is 4.64. The number of aromatic hydroxyl groups is 1. The third-order valence-electron chi connectivity index (χ3n) is 5.37. The lowest BCUT2D eigenvalue weighted by molar-refractivity contribution is 0.144. The highest BCUT2D eigenvalue weighted by Gasteiger charge is 2.18. The lowest BCUT2D eigenvalue weighted by Gasteiger charge is -2.08. The molecule has 0 unspecified atom stereocenters. The molecule has 0 aliphatic rings. The highest BCUT2D eigenvalue weighted by Crippen LogP contribution is 2.41. The summed E-state index contributed by atoms with van der Waals surface area (Å²) in [6.07, 6.45) is -1.35. The van der Waals surface area contributed by atoms with Crippen LogP contribution in [0.1, 0.15) is 0 Å². The SMILES string of the molecule is O=C(O)Oc1ccc(-c2ccc(-c3csc4[nH]c(=O)c(-c5ccccc5)c(O)c34)cc2)cc1. The van der Waals surface area contributed by atoms with E-state index in [2.05, 4.69) is 9.72 Å². The number of H-pyrrole nitrogens is 1. The first kappa shape index (κ1) is 20.5. The molecular formula is C26H17NO5S. The Morgan fingerprint density at radius 1 is 0.818 bits per heavy atom. The molecule has 162 valence electrons. The Balaban J connectivity index is 1.53. The van der Waals surface area contributed by atoms with Gasteiger partial charge in [0.2, 0.25) is 0 Å². The number of ether oxygens (including phenoxy) is 1. The van der Waals surface area contributed by atoms with Crippen LogP contribution in [0, 0.1) is 0 Å². The minimum atomic E-state index is -1.35. The molecule has 2 aromatic heterocycles. The van der Waals surface area contributed by atoms with Crippen LogP contribution in [-0.4, -0.2) is 21.4 Å². The van der Waals surface area contributed by atoms with Crippen LogP contribution in [0.25, 0.3) is 43.6 Å². The van der Waals surface area contributed by atoms with Gasteiger partial charge >= 0.3 is 6.16 Å². The van der Waals surface area contributed by atoms with E-state index in [0.717, 1.165) is 22.3 Å². The number of rotatable bonds is 4. The van der Waals surface area contributed by atoms with Gasteiger partial charge in [0.25, 0.3) is 5.56 Å². The van der Waals surface area contributed by atoms with E-state index in [4.69, 9.17) is 5.11 Å². The van der Waals surface area contributed by atoms with Gasteiger partial charge in [-0.15, -0.1) is 11.3 Å². The zero-order chi connectivity index (χ0) is 22.9. The molecule has 0 saturated heterocycles. The molecule has 0 amide bonds. The van der Waals surface area contributed by atoms with Crippen molar-refractivity contribution in [1.82, 2.24) is 4.98 Å². The molecular weight excluding hydrogens is 438 g/mol. The van der Waals surface area contributed by atoms with Crippen LogP contribution in [0.2, 0.25) is 0 Å². The summed E-state index contributed by atoms with van der Waals surface area (Å²) in [5, 5.41) is 22.3. The number of hydrogen-bond acceptors (Lipinski definition) is 5. The van der Waals surface area contributed by atoms with E-state index in [1.165, 1.54) is 11.3 Å². The van der Waals surface area contributed by atoms with Crippen molar-refractivity contribution >= 4 is 27.7 Å². The van der Waals surface area contributed by atoms with Crippen LogP contribution < -0.4 is 10.3 Å². The Labute approximate surface area is 192 Å². The van der Waals surface area contributed by atoms with Crippen molar-refractivity contribution in [2.75, 3.05) is 0 Å². The summed E-state index contributed by atoms with van der Waals surface area (Å²) >= 11 is 1.37. The van der Waals surface area contributed by atoms with Crippen LogP contribution in [0.3, 0.4) is 0 Å². The van der Waals surface area contributed by atoms with Gasteiger partial charge in [0.15, 0.2) is 0 Å². The number of carbonyl (C=O) groups is 1. The number of aromatic nitrogens is 1. The Kier molecular flexibility index (Phi) is 5.16. The summed E-state index contributed by atoms with van der Waals surface area (Å²) in [5.74, 6) is 0.223. The summed E-state index contributed by atoms with van der Waals surface area (Å²) in [6.45, 7) is 0. The highest BCUT2D eigenvalue weighted by molar-refractivity contribution is 7.17. The van der Waals surface area contributed by atoms with E-state index >= 15 is 0 Å². The molecule has 0 radical (unpaired) electrons. The Bertz CT molecular complexity index is 1520. The number of carboxylic acid groups (broad SMARTS) is 1. The molecule has 3 aromatic carbocycles. The normalized spacial score (nSPS) is 10.9. The van der Waals surface area contributed by atoms with Crippen LogP contribution in [0.15, 0.2) is 89.0 Å². The molecule has 33 heavy (non-hydrogen) atoms. The first-order valence-electron chi connectivity index (χ1n) is 10.0. The van der Waals surface area contributed by atoms with Crippen molar-refractivity contribution in [1.29, 1.82) is 0 Å². The molecule has 2 heterocycles. The standard InChI is InChI=1S/C26H17NO5S/c28-23-21(18-4-2-1-3-5-18)24(29)27-25-22(23)20(14-33-25)17-8-6-15(7-9-17)16-10-12-19(13-11-16)32-26(30)31/h1-14H,(H,30,31)(H2,27,28,29). The lowest BCUT2D eigenvalue weighted by Crippen LogP contribution is -2.08. The second kappa shape index (κ2) is 8.29. The van der Waals surface area contributed by atoms with Gasteiger partial charge in [0.05, 0.1) is 10.9 Å². The van der Waals surface area contributed by atoms with E-state index < -0.39 is 6.16 Å². The van der Waals surface area contributed by atoms with Gasteiger partial charge in [-0.3, -0.25) is 4.79 Å². The molecule has 7 heteroatoms. The lowest BCUT2D eigenvalue weighted by atomic mass is 9.98. The van der Waals surface area contributed by atoms with Crippen molar-refractivity contribution in [2.24, 2.45) is 0 Å². The molecule has 5 rings (SSSR count). The van der Waals surface area contributed by atoms with E-state index in [0.29, 0.717) is 15.8 Å². The molecule has 0 aliphatic heterocycles. The third kappa shape index (κ3) is 3.86. The van der Waals surface area contributed by atoms with Crippen molar-refractivity contribution in [3.05, 3.63) is 94.6 Å². The Morgan fingerprint density at radius 3 is 2.06 bits per heavy atom. The fourth-order valence-corrected chi connectivity index (χ4v) is 4.79. The second-order valence-corrected chi connectivity index (χ2v) is 8.25. The van der Waals surface area contributed by atoms with E-state index in [9.17, 15) is 14.7 Å². The molecule has 0 saturated carbocycles. The molecule has 3 N–H and O–H groups in total. The molecule has 0 spiro atoms. The van der Waals surface area contributed by atoms with Gasteiger partial charge in [0.1, 0.15) is 16.3 Å². The summed E-state index contributed by atoms with van der Waals surface area (Å²) in [5.41, 5.74) is 4.17. The zero-order valence-corrected chi connectivity index (χ0v) is 17.9. The maximum absolute atomic E-state index is 12.6. The maximum Gasteiger partial charge on any atom is 0.511 e. The van der Waals surface area contributed by atoms with Gasteiger partial charge in [0, 0.05) is 10.9 Å². The maximum atomic E-state index is 12.6. The van der Waals surface area contributed by atoms with Gasteiger partial charge in [-0.2, -0.15) is 0 Å². The zero-order valence-electron chi connectivity index (χ0n) is 17.1. The second-order valence-electron chi connectivity index (χ2n) is 7.37. The average Bonchev–Trinajstić information content (AvgIpc) is 3.24. The predicted octanol–water partition coefficient (Wildman–Crippen LogP) is 6.35. The van der Waals surface area contributed by atoms with E-state index in [1.807, 2.05) is 47.8 Å². The number of benzene rings is 3. The predicted molar refractivity (Wildman–Crippen MR) is 129 cm³/mol. The van der Waals surface area contributed by atoms with E-state index in [1.54, 1.807) is 36.4 Å². The van der Waals surface area contributed by atoms with E-state index in [-0.39, 0.29) is 22.6 Å². The number of hydrogen-bond donors (Lipinski definition) is 3. The molecule has 0 atom stereocenters. The average molecular weight is 455 g/mol. The number of aromatic amines is 1. The minimum Gasteiger partial charge on any atom is -0.506 e. The highest BCUT2D eigenvalue weighted by atomic mass is 32.1. The summed E-state index contributed by atoms with van der Waals surface area (Å²) in [4.78, 5) is 26.8. The first-order chi connectivity index (χ1) is 16.0. The van der Waals surface area contributed by atoms with Crippen molar-refractivity contribution < 1.29 is 19.7 Å². The Morgan fingerprint density at radius 2 is 1.42 bits per heavy atom. The van der Waals surface area contributed by atoms with Crippen molar-refractivity contribution in [2.45, 2.75) is 0 Å². The molecule has 6 nitrogen and oxygen atoms in total. The monoisotopic (exact) mass is 455 g/mol. The smallest absolute Gasteiger partial charge is 0.506 e. The molecule has 0 aliphatic carbocycles. The number of thiophene rings is 1. The molecule has 5 aromatic rings. The van der Waals surface area contributed by atoms with Gasteiger partial charge in [-0.1, -0.05) is 66.7 Å². The van der Waals surface area contributed by atoms with Crippen LogP contribution >= 0.6 is 11.3 Å². The summed E-state index contributed by atoms with van der Waals surface area (Å²) in [7, 11) is 0. The summed E-state index contributed by atoms with van der Waals surface area (Å²) in [6, 6.07) is 23.7. The van der Waals surface area contributed by atoms with Gasteiger partial charge in [-0.05, 0) is 34.4 Å². The van der Waals surface area contributed by atoms with Gasteiger partial charge < -0.3 is 19.9 Å².